The lowest BCUT2D eigenvalue weighted by atomic mass is 9.30. The van der Waals surface area contributed by atoms with E-state index in [0.717, 1.165) is 125 Å². The Morgan fingerprint density at radius 2 is 1.70 bits per heavy atom. The number of carbonyl (C=O) groups excluding carboxylic acids is 2. The van der Waals surface area contributed by atoms with Gasteiger partial charge in [0.15, 0.2) is 5.78 Å². The summed E-state index contributed by atoms with van der Waals surface area (Å²) in [4.78, 5) is 32.8. The molecule has 2 aliphatic heterocycles. The number of nitrogen functional groups attached to an aromatic ring is 1. The fourth-order valence-corrected chi connectivity index (χ4v) is 22.0. The van der Waals surface area contributed by atoms with Crippen LogP contribution >= 0.6 is 0 Å². The van der Waals surface area contributed by atoms with Gasteiger partial charge in [-0.3, -0.25) is 9.59 Å². The number of hydrogen-bond acceptors (Lipinski definition) is 11. The summed E-state index contributed by atoms with van der Waals surface area (Å²) < 4.78 is 6.83. The van der Waals surface area contributed by atoms with E-state index >= 15 is 9.59 Å². The van der Waals surface area contributed by atoms with Crippen LogP contribution in [0, 0.1) is 69.0 Å². The average Bonchev–Trinajstić information content (AvgIpc) is 3.68. The van der Waals surface area contributed by atoms with E-state index in [1.54, 1.807) is 0 Å². The van der Waals surface area contributed by atoms with E-state index in [1.165, 1.54) is 11.1 Å². The molecule has 9 N–H and O–H groups in total. The maximum absolute atomic E-state index is 16.6. The third-order valence-electron chi connectivity index (χ3n) is 24.6. The first-order valence-electron chi connectivity index (χ1n) is 30.5. The SMILES string of the molecule is CNCc1cc(O)cc(C23CCCC45CC(=O)C6=C4CCC4C(C)(C2)C2C(CC45C(CO)CCC4CCC(CO)CC4C6CC(O)C4OC4(C)C4CCCC4c4cccc(N)c4)NCC(C)(O)CCCCC2(C)C3=O)c1. The van der Waals surface area contributed by atoms with Gasteiger partial charge in [-0.2, -0.15) is 0 Å². The summed E-state index contributed by atoms with van der Waals surface area (Å²) in [5.41, 5.74) is 7.89. The number of aliphatic hydroxyl groups excluding tert-OH is 3. The topological polar surface area (TPSA) is 198 Å². The van der Waals surface area contributed by atoms with Crippen LogP contribution in [0.2, 0.25) is 0 Å². The molecule has 12 rings (SSSR count). The van der Waals surface area contributed by atoms with E-state index in [-0.39, 0.29) is 84.2 Å². The van der Waals surface area contributed by atoms with Crippen molar-refractivity contribution in [3.05, 3.63) is 70.3 Å². The molecule has 19 unspecified atom stereocenters. The number of aliphatic hydroxyl groups is 4. The van der Waals surface area contributed by atoms with Crippen molar-refractivity contribution >= 4 is 17.3 Å². The molecule has 7 bridgehead atoms. The van der Waals surface area contributed by atoms with Gasteiger partial charge in [-0.15, -0.1) is 0 Å². The molecule has 2 saturated heterocycles. The smallest absolute Gasteiger partial charge is 0.160 e. The van der Waals surface area contributed by atoms with E-state index in [1.807, 2.05) is 38.2 Å². The van der Waals surface area contributed by atoms with Gasteiger partial charge >= 0.3 is 0 Å². The van der Waals surface area contributed by atoms with Crippen LogP contribution in [0.1, 0.15) is 185 Å². The summed E-state index contributed by atoms with van der Waals surface area (Å²) in [6.45, 7) is 10.1. The predicted octanol–water partition coefficient (Wildman–Crippen LogP) is 9.59. The van der Waals surface area contributed by atoms with Crippen LogP contribution in [-0.4, -0.2) is 93.4 Å². The van der Waals surface area contributed by atoms with Crippen molar-refractivity contribution in [2.75, 3.05) is 32.5 Å². The van der Waals surface area contributed by atoms with Crippen molar-refractivity contribution in [3.63, 3.8) is 0 Å². The number of nitrogens with one attached hydrogen (secondary N) is 2. The van der Waals surface area contributed by atoms with E-state index in [2.05, 4.69) is 49.6 Å². The van der Waals surface area contributed by atoms with Crippen LogP contribution in [0.5, 0.6) is 5.75 Å². The molecule has 2 spiro atoms. The Hall–Kier alpha value is -3.16. The molecule has 0 radical (unpaired) electrons. The third-order valence-corrected chi connectivity index (χ3v) is 24.6. The van der Waals surface area contributed by atoms with Crippen molar-refractivity contribution in [1.82, 2.24) is 10.6 Å². The maximum Gasteiger partial charge on any atom is 0.160 e. The largest absolute Gasteiger partial charge is 0.508 e. The fourth-order valence-electron chi connectivity index (χ4n) is 22.0. The number of ketones is 2. The zero-order chi connectivity index (χ0) is 53.4. The van der Waals surface area contributed by atoms with E-state index in [9.17, 15) is 25.5 Å². The summed E-state index contributed by atoms with van der Waals surface area (Å²) in [6.07, 6.45) is 15.4. The Morgan fingerprint density at radius 1 is 0.895 bits per heavy atom. The standard InChI is InChI=1S/C65H93N3O8/c1-59(75)21-6-7-22-60(2)56-51(68-37-59)31-65-42(35-70)18-17-40-16-15-38(34-69)27-47(40)48(30-52(72)57-62(4,76-57)49-14-9-13-46(49)41-11-8-12-44(66)28-41)55-50-19-20-54(65)61(56,3)36-63(58(60)74,23-10-24-64(50,65)32-53(55)73)43-25-39(33-67-5)26-45(71)29-43/h8,11-12,25-26,28-29,38,40,42,46-49,51-52,54,56-57,67-72,75H,6-7,9-10,13-24,27,30-37,66H2,1-5H3. The molecule has 8 aliphatic carbocycles. The van der Waals surface area contributed by atoms with Crippen LogP contribution in [0.4, 0.5) is 5.69 Å². The first kappa shape index (κ1) is 53.5. The molecule has 8 fully saturated rings. The van der Waals surface area contributed by atoms with E-state index in [4.69, 9.17) is 10.5 Å². The molecule has 11 nitrogen and oxygen atoms in total. The highest BCUT2D eigenvalue weighted by molar-refractivity contribution is 6.01. The minimum Gasteiger partial charge on any atom is -0.508 e. The second kappa shape index (κ2) is 19.3. The molecule has 6 saturated carbocycles. The molecule has 11 heteroatoms. The molecule has 0 amide bonds. The normalized spacial score (nSPS) is 46.4. The van der Waals surface area contributed by atoms with Gasteiger partial charge in [0.2, 0.25) is 0 Å². The number of rotatable bonds is 10. The van der Waals surface area contributed by atoms with Crippen LogP contribution in [0.25, 0.3) is 0 Å². The summed E-state index contributed by atoms with van der Waals surface area (Å²) in [7, 11) is 1.92. The summed E-state index contributed by atoms with van der Waals surface area (Å²) in [5, 5.41) is 67.3. The summed E-state index contributed by atoms with van der Waals surface area (Å²) in [6, 6.07) is 14.1. The predicted molar refractivity (Wildman–Crippen MR) is 295 cm³/mol. The van der Waals surface area contributed by atoms with Crippen molar-refractivity contribution in [2.24, 2.45) is 69.0 Å². The van der Waals surface area contributed by atoms with E-state index < -0.39 is 44.4 Å². The second-order valence-corrected chi connectivity index (χ2v) is 28.6. The Balaban J connectivity index is 1.03. The molecular formula is C65H93N3O8. The number of nitrogens with two attached hydrogens (primary N) is 1. The fraction of sp³-hybridized carbons (Fsp3) is 0.754. The van der Waals surface area contributed by atoms with Gasteiger partial charge in [0, 0.05) is 55.3 Å². The number of β-amino-alcohol motifs (C(OH)–C–C–N with tert-alkyl or cyclic N) is 1. The first-order chi connectivity index (χ1) is 36.3. The lowest BCUT2D eigenvalue weighted by molar-refractivity contribution is -0.232. The number of ether oxygens (including phenoxy) is 1. The molecular weight excluding hydrogens is 951 g/mol. The number of benzene rings is 2. The summed E-state index contributed by atoms with van der Waals surface area (Å²) in [5.74, 6) is 1.42. The molecule has 0 aromatic heterocycles. The average molecular weight is 1040 g/mol. The summed E-state index contributed by atoms with van der Waals surface area (Å²) >= 11 is 0. The van der Waals surface area contributed by atoms with Gasteiger partial charge in [-0.1, -0.05) is 63.3 Å². The number of phenolic OH excluding ortho intramolecular Hbond substituents is 1. The van der Waals surface area contributed by atoms with Gasteiger partial charge in [-0.05, 0) is 234 Å². The molecule has 2 aromatic rings. The van der Waals surface area contributed by atoms with Crippen molar-refractivity contribution < 1.29 is 39.9 Å². The molecule has 416 valence electrons. The van der Waals surface area contributed by atoms with Crippen LogP contribution in [0.15, 0.2) is 53.6 Å². The number of phenols is 1. The van der Waals surface area contributed by atoms with E-state index in [0.29, 0.717) is 56.9 Å². The molecule has 2 heterocycles. The third kappa shape index (κ3) is 8.00. The highest BCUT2D eigenvalue weighted by Crippen LogP contribution is 2.80. The maximum atomic E-state index is 16.6. The lowest BCUT2D eigenvalue weighted by Gasteiger charge is -2.74. The Kier molecular flexibility index (Phi) is 13.5. The number of allylic oxidation sites excluding steroid dienone is 2. The number of Topliss-reactive ketones (excluding diaryl/α,β-unsaturated/α-hetero) is 2. The van der Waals surface area contributed by atoms with Crippen LogP contribution < -0.4 is 16.4 Å². The monoisotopic (exact) mass is 1040 g/mol. The minimum absolute atomic E-state index is 0.0235. The highest BCUT2D eigenvalue weighted by Gasteiger charge is 2.78. The Morgan fingerprint density at radius 3 is 2.47 bits per heavy atom. The van der Waals surface area contributed by atoms with Crippen molar-refractivity contribution in [3.8, 4) is 5.75 Å². The van der Waals surface area contributed by atoms with Gasteiger partial charge in [0.1, 0.15) is 17.6 Å². The molecule has 10 aliphatic rings. The Bertz CT molecular complexity index is 2620. The van der Waals surface area contributed by atoms with Crippen LogP contribution in [0.3, 0.4) is 0 Å². The Labute approximate surface area is 453 Å². The molecule has 76 heavy (non-hydrogen) atoms. The van der Waals surface area contributed by atoms with Crippen molar-refractivity contribution in [2.45, 2.75) is 210 Å². The number of fused-ring (bicyclic) bond motifs is 2. The van der Waals surface area contributed by atoms with Gasteiger partial charge in [0.05, 0.1) is 22.7 Å². The quantitative estimate of drug-likeness (QED) is 0.0833. The van der Waals surface area contributed by atoms with Gasteiger partial charge < -0.3 is 46.6 Å². The van der Waals surface area contributed by atoms with Gasteiger partial charge in [0.25, 0.3) is 0 Å². The number of hydrogen-bond donors (Lipinski definition) is 8. The molecule has 2 aromatic carbocycles. The minimum atomic E-state index is -0.940. The van der Waals surface area contributed by atoms with Crippen LogP contribution in [-0.2, 0) is 26.3 Å². The first-order valence-corrected chi connectivity index (χ1v) is 30.5. The van der Waals surface area contributed by atoms with Crippen molar-refractivity contribution in [1.29, 1.82) is 0 Å². The van der Waals surface area contributed by atoms with Gasteiger partial charge in [-0.25, -0.2) is 0 Å². The lowest BCUT2D eigenvalue weighted by Crippen LogP contribution is -2.74. The highest BCUT2D eigenvalue weighted by atomic mass is 16.6. The second-order valence-electron chi connectivity index (χ2n) is 28.6. The number of aromatic hydroxyl groups is 1. The number of epoxide rings is 1. The zero-order valence-electron chi connectivity index (χ0n) is 46.7. The zero-order valence-corrected chi connectivity index (χ0v) is 46.7. The molecule has 19 atom stereocenters. The number of carbonyl (C=O) groups is 2. The number of anilines is 1.